The summed E-state index contributed by atoms with van der Waals surface area (Å²) in [5.74, 6) is -0.296. The van der Waals surface area contributed by atoms with Gasteiger partial charge in [-0.15, -0.1) is 0 Å². The largest absolute Gasteiger partial charge is 0.504 e. The Kier molecular flexibility index (Phi) is 8.44. The first-order valence-corrected chi connectivity index (χ1v) is 12.0. The molecule has 0 aromatic heterocycles. The van der Waals surface area contributed by atoms with E-state index in [4.69, 9.17) is 18.9 Å². The van der Waals surface area contributed by atoms with Crippen LogP contribution in [0.2, 0.25) is 0 Å². The van der Waals surface area contributed by atoms with Crippen molar-refractivity contribution in [1.82, 2.24) is 0 Å². The number of phenolic OH excluding ortho intramolecular Hbond substituents is 1. The van der Waals surface area contributed by atoms with Crippen molar-refractivity contribution in [2.45, 2.75) is 43.0 Å². The van der Waals surface area contributed by atoms with Gasteiger partial charge >= 0.3 is 0 Å². The second kappa shape index (κ2) is 11.4. The van der Waals surface area contributed by atoms with Gasteiger partial charge in [0.15, 0.2) is 23.0 Å². The SMILES string of the molecule is COc1cc2c(cc1O)C(c1ccc(O[C@@H]3O[C@H](CO)[C@@H](O)[C@H](O)[C@H]3O)c(OC)c1)C(CO)C(CO)C2. The number of rotatable bonds is 8. The third kappa shape index (κ3) is 5.08. The number of benzene rings is 2. The molecule has 3 unspecified atom stereocenters. The maximum absolute atomic E-state index is 10.5. The molecule has 1 saturated heterocycles. The van der Waals surface area contributed by atoms with E-state index in [2.05, 4.69) is 0 Å². The number of methoxy groups -OCH3 is 2. The number of aliphatic hydroxyl groups is 6. The molecule has 204 valence electrons. The fourth-order valence-electron chi connectivity index (χ4n) is 5.34. The minimum Gasteiger partial charge on any atom is -0.504 e. The van der Waals surface area contributed by atoms with E-state index in [1.54, 1.807) is 30.3 Å². The molecule has 11 nitrogen and oxygen atoms in total. The zero-order valence-corrected chi connectivity index (χ0v) is 20.6. The minimum absolute atomic E-state index is 0.0417. The van der Waals surface area contributed by atoms with Crippen molar-refractivity contribution in [2.24, 2.45) is 11.8 Å². The summed E-state index contributed by atoms with van der Waals surface area (Å²) in [6.45, 7) is -0.929. The summed E-state index contributed by atoms with van der Waals surface area (Å²) in [4.78, 5) is 0. The van der Waals surface area contributed by atoms with Crippen LogP contribution in [0.25, 0.3) is 0 Å². The van der Waals surface area contributed by atoms with E-state index >= 15 is 0 Å². The molecule has 1 aliphatic carbocycles. The molecule has 0 spiro atoms. The summed E-state index contributed by atoms with van der Waals surface area (Å²) >= 11 is 0. The Hall–Kier alpha value is -2.64. The smallest absolute Gasteiger partial charge is 0.229 e. The van der Waals surface area contributed by atoms with Gasteiger partial charge in [-0.25, -0.2) is 0 Å². The summed E-state index contributed by atoms with van der Waals surface area (Å²) in [6, 6.07) is 8.36. The average molecular weight is 523 g/mol. The lowest BCUT2D eigenvalue weighted by atomic mass is 9.67. The molecule has 1 fully saturated rings. The number of aliphatic hydroxyl groups excluding tert-OH is 6. The molecule has 2 aromatic rings. The predicted molar refractivity (Wildman–Crippen MR) is 129 cm³/mol. The lowest BCUT2D eigenvalue weighted by Gasteiger charge is -2.40. The molecule has 0 radical (unpaired) electrons. The van der Waals surface area contributed by atoms with Crippen LogP contribution < -0.4 is 14.2 Å². The first-order chi connectivity index (χ1) is 17.8. The Morgan fingerprint density at radius 3 is 2.19 bits per heavy atom. The molecule has 2 aromatic carbocycles. The van der Waals surface area contributed by atoms with Crippen molar-refractivity contribution >= 4 is 0 Å². The van der Waals surface area contributed by atoms with Gasteiger partial charge < -0.3 is 54.7 Å². The van der Waals surface area contributed by atoms with Crippen molar-refractivity contribution in [3.05, 3.63) is 47.0 Å². The van der Waals surface area contributed by atoms with Gasteiger partial charge in [0.2, 0.25) is 6.29 Å². The van der Waals surface area contributed by atoms with Crippen LogP contribution in [0, 0.1) is 11.8 Å². The first-order valence-electron chi connectivity index (χ1n) is 12.0. The first kappa shape index (κ1) is 27.4. The van der Waals surface area contributed by atoms with Crippen molar-refractivity contribution in [2.75, 3.05) is 34.0 Å². The number of fused-ring (bicyclic) bond motifs is 1. The van der Waals surface area contributed by atoms with Gasteiger partial charge in [0.25, 0.3) is 0 Å². The summed E-state index contributed by atoms with van der Waals surface area (Å²) in [6.07, 6.45) is -6.71. The fourth-order valence-corrected chi connectivity index (χ4v) is 5.34. The maximum atomic E-state index is 10.5. The highest BCUT2D eigenvalue weighted by molar-refractivity contribution is 5.54. The van der Waals surface area contributed by atoms with Crippen LogP contribution >= 0.6 is 0 Å². The Labute approximate surface area is 214 Å². The molecule has 0 bridgehead atoms. The highest BCUT2D eigenvalue weighted by atomic mass is 16.7. The topological polar surface area (TPSA) is 179 Å². The van der Waals surface area contributed by atoms with Crippen LogP contribution in [0.1, 0.15) is 22.6 Å². The molecular formula is C26H34O11. The Morgan fingerprint density at radius 1 is 0.838 bits per heavy atom. The van der Waals surface area contributed by atoms with Crippen molar-refractivity contribution < 1.29 is 54.7 Å². The monoisotopic (exact) mass is 522 g/mol. The Morgan fingerprint density at radius 2 is 1.57 bits per heavy atom. The van der Waals surface area contributed by atoms with Crippen molar-refractivity contribution in [1.29, 1.82) is 0 Å². The fraction of sp³-hybridized carbons (Fsp3) is 0.538. The molecule has 4 rings (SSSR count). The van der Waals surface area contributed by atoms with Crippen LogP contribution in [0.3, 0.4) is 0 Å². The number of hydrogen-bond acceptors (Lipinski definition) is 11. The van der Waals surface area contributed by atoms with E-state index in [0.717, 1.165) is 16.7 Å². The van der Waals surface area contributed by atoms with Gasteiger partial charge in [0.1, 0.15) is 24.4 Å². The normalized spacial score (nSPS) is 31.5. The Bertz CT molecular complexity index is 1070. The van der Waals surface area contributed by atoms with E-state index in [9.17, 15) is 35.7 Å². The summed E-state index contributed by atoms with van der Waals surface area (Å²) in [5.41, 5.74) is 2.39. The number of ether oxygens (including phenoxy) is 4. The summed E-state index contributed by atoms with van der Waals surface area (Å²) in [7, 11) is 2.88. The molecule has 1 heterocycles. The van der Waals surface area contributed by atoms with Gasteiger partial charge in [-0.3, -0.25) is 0 Å². The lowest BCUT2D eigenvalue weighted by molar-refractivity contribution is -0.277. The molecule has 8 atom stereocenters. The highest BCUT2D eigenvalue weighted by Crippen LogP contribution is 2.48. The van der Waals surface area contributed by atoms with E-state index in [1.807, 2.05) is 0 Å². The van der Waals surface area contributed by atoms with Crippen LogP contribution in [-0.4, -0.2) is 100 Å². The van der Waals surface area contributed by atoms with Gasteiger partial charge in [-0.2, -0.15) is 0 Å². The quantitative estimate of drug-likeness (QED) is 0.238. The van der Waals surface area contributed by atoms with Crippen LogP contribution in [-0.2, 0) is 11.2 Å². The van der Waals surface area contributed by atoms with E-state index in [1.165, 1.54) is 14.2 Å². The molecular weight excluding hydrogens is 488 g/mol. The molecule has 0 amide bonds. The zero-order valence-electron chi connectivity index (χ0n) is 20.6. The standard InChI is InChI=1S/C26H34O11/c1-34-19-7-13-5-14(9-27)16(10-28)22(15(13)8-17(19)30)12-3-4-18(20(6-12)35-2)36-26-25(33)24(32)23(31)21(11-29)37-26/h3-4,6-8,14,16,21-33H,5,9-11H2,1-2H3/t14?,16?,21-,22?,23-,24+,25-,26-/m1/s1. The zero-order chi connectivity index (χ0) is 26.9. The third-order valence-electron chi connectivity index (χ3n) is 7.38. The number of hydrogen-bond donors (Lipinski definition) is 7. The van der Waals surface area contributed by atoms with Gasteiger partial charge in [0, 0.05) is 19.1 Å². The van der Waals surface area contributed by atoms with Crippen molar-refractivity contribution in [3.63, 3.8) is 0 Å². The molecule has 37 heavy (non-hydrogen) atoms. The summed E-state index contributed by atoms with van der Waals surface area (Å²) in [5, 5.41) is 70.7. The van der Waals surface area contributed by atoms with Crippen LogP contribution in [0.5, 0.6) is 23.0 Å². The van der Waals surface area contributed by atoms with E-state index < -0.39 is 43.2 Å². The highest BCUT2D eigenvalue weighted by Gasteiger charge is 2.45. The molecule has 2 aliphatic rings. The average Bonchev–Trinajstić information content (AvgIpc) is 2.92. The molecule has 1 aliphatic heterocycles. The lowest BCUT2D eigenvalue weighted by Crippen LogP contribution is -2.60. The summed E-state index contributed by atoms with van der Waals surface area (Å²) < 4.78 is 22.0. The second-order valence-corrected chi connectivity index (χ2v) is 9.42. The Balaban J connectivity index is 1.71. The maximum Gasteiger partial charge on any atom is 0.229 e. The van der Waals surface area contributed by atoms with Crippen LogP contribution in [0.4, 0.5) is 0 Å². The van der Waals surface area contributed by atoms with E-state index in [-0.39, 0.29) is 42.3 Å². The molecule has 7 N–H and O–H groups in total. The van der Waals surface area contributed by atoms with E-state index in [0.29, 0.717) is 12.2 Å². The van der Waals surface area contributed by atoms with Gasteiger partial charge in [-0.1, -0.05) is 6.07 Å². The molecule has 11 heteroatoms. The third-order valence-corrected chi connectivity index (χ3v) is 7.38. The molecule has 0 saturated carbocycles. The van der Waals surface area contributed by atoms with Crippen molar-refractivity contribution in [3.8, 4) is 23.0 Å². The van der Waals surface area contributed by atoms with Gasteiger partial charge in [-0.05, 0) is 59.2 Å². The van der Waals surface area contributed by atoms with Gasteiger partial charge in [0.05, 0.1) is 20.8 Å². The van der Waals surface area contributed by atoms with Crippen LogP contribution in [0.15, 0.2) is 30.3 Å². The minimum atomic E-state index is -1.59. The number of aromatic hydroxyl groups is 1. The predicted octanol–water partition coefficient (Wildman–Crippen LogP) is -0.507. The second-order valence-electron chi connectivity index (χ2n) is 9.42. The number of phenols is 1.